The van der Waals surface area contributed by atoms with Crippen molar-refractivity contribution in [3.05, 3.63) is 29.3 Å². The molecule has 0 amide bonds. The summed E-state index contributed by atoms with van der Waals surface area (Å²) in [5.74, 6) is 0. The molecule has 0 unspecified atom stereocenters. The second-order valence-corrected chi connectivity index (χ2v) is 4.06. The first-order chi connectivity index (χ1) is 7.69. The van der Waals surface area contributed by atoms with Gasteiger partial charge in [-0.25, -0.2) is 0 Å². The molecule has 1 rings (SSSR count). The van der Waals surface area contributed by atoms with Gasteiger partial charge in [-0.15, -0.1) is 0 Å². The van der Waals surface area contributed by atoms with E-state index in [1.54, 1.807) is 7.11 Å². The number of hydrogen-bond donors (Lipinski definition) is 1. The molecule has 0 aromatic heterocycles. The molecule has 0 saturated heterocycles. The molecule has 0 bridgehead atoms. The molecule has 16 heavy (non-hydrogen) atoms. The Balaban J connectivity index is 2.71. The molecule has 0 saturated carbocycles. The van der Waals surface area contributed by atoms with Crippen LogP contribution in [0.1, 0.15) is 11.1 Å². The first kappa shape index (κ1) is 13.0. The van der Waals surface area contributed by atoms with Crippen LogP contribution in [0.5, 0.6) is 0 Å². The summed E-state index contributed by atoms with van der Waals surface area (Å²) >= 11 is 0. The maximum Gasteiger partial charge on any atom is 0.0637 e. The van der Waals surface area contributed by atoms with Crippen LogP contribution in [0, 0.1) is 6.92 Å². The van der Waals surface area contributed by atoms with Crippen LogP contribution in [-0.2, 0) is 11.2 Å². The van der Waals surface area contributed by atoms with Crippen molar-refractivity contribution in [2.75, 3.05) is 38.8 Å². The molecule has 1 aromatic carbocycles. The van der Waals surface area contributed by atoms with Crippen molar-refractivity contribution in [1.82, 2.24) is 0 Å². The predicted octanol–water partition coefficient (Wildman–Crippen LogP) is 1.58. The van der Waals surface area contributed by atoms with Crippen LogP contribution < -0.4 is 10.6 Å². The molecule has 0 aliphatic rings. The number of likely N-dealkylation sites (N-methyl/N-ethyl adjacent to an activating group) is 1. The van der Waals surface area contributed by atoms with Crippen molar-refractivity contribution in [2.45, 2.75) is 13.3 Å². The molecular formula is C13H22N2O. The number of nitrogens with zero attached hydrogens (tertiary/aromatic N) is 1. The average molecular weight is 222 g/mol. The molecule has 1 aromatic rings. The van der Waals surface area contributed by atoms with Crippen LogP contribution in [0.4, 0.5) is 5.69 Å². The summed E-state index contributed by atoms with van der Waals surface area (Å²) in [4.78, 5) is 2.20. The lowest BCUT2D eigenvalue weighted by molar-refractivity contribution is 0.206. The maximum atomic E-state index is 5.57. The van der Waals surface area contributed by atoms with Crippen molar-refractivity contribution in [1.29, 1.82) is 0 Å². The SMILES string of the molecule is COCCN(C)c1ccc(CCN)c(C)c1. The highest BCUT2D eigenvalue weighted by atomic mass is 16.5. The van der Waals surface area contributed by atoms with Gasteiger partial charge in [0.2, 0.25) is 0 Å². The Morgan fingerprint density at radius 2 is 2.12 bits per heavy atom. The van der Waals surface area contributed by atoms with Crippen LogP contribution in [0.2, 0.25) is 0 Å². The summed E-state index contributed by atoms with van der Waals surface area (Å²) in [6, 6.07) is 6.52. The molecule has 0 aliphatic carbocycles. The van der Waals surface area contributed by atoms with Gasteiger partial charge in [0.15, 0.2) is 0 Å². The fraction of sp³-hybridized carbons (Fsp3) is 0.538. The summed E-state index contributed by atoms with van der Waals surface area (Å²) in [5, 5.41) is 0. The van der Waals surface area contributed by atoms with Crippen molar-refractivity contribution in [2.24, 2.45) is 5.73 Å². The highest BCUT2D eigenvalue weighted by Crippen LogP contribution is 2.18. The van der Waals surface area contributed by atoms with Gasteiger partial charge in [0, 0.05) is 26.4 Å². The lowest BCUT2D eigenvalue weighted by atomic mass is 10.0. The van der Waals surface area contributed by atoms with E-state index < -0.39 is 0 Å². The Morgan fingerprint density at radius 1 is 1.38 bits per heavy atom. The zero-order valence-electron chi connectivity index (χ0n) is 10.5. The van der Waals surface area contributed by atoms with E-state index in [1.807, 2.05) is 0 Å². The molecule has 2 N–H and O–H groups in total. The number of nitrogens with two attached hydrogens (primary N) is 1. The Morgan fingerprint density at radius 3 is 2.69 bits per heavy atom. The highest BCUT2D eigenvalue weighted by molar-refractivity contribution is 5.50. The predicted molar refractivity (Wildman–Crippen MR) is 69.1 cm³/mol. The first-order valence-electron chi connectivity index (χ1n) is 5.68. The number of anilines is 1. The highest BCUT2D eigenvalue weighted by Gasteiger charge is 2.03. The molecular weight excluding hydrogens is 200 g/mol. The number of hydrogen-bond acceptors (Lipinski definition) is 3. The van der Waals surface area contributed by atoms with Gasteiger partial charge < -0.3 is 15.4 Å². The van der Waals surface area contributed by atoms with Gasteiger partial charge >= 0.3 is 0 Å². The van der Waals surface area contributed by atoms with Crippen LogP contribution in [0.3, 0.4) is 0 Å². The van der Waals surface area contributed by atoms with Gasteiger partial charge in [-0.05, 0) is 43.1 Å². The van der Waals surface area contributed by atoms with Crippen molar-refractivity contribution in [3.63, 3.8) is 0 Å². The van der Waals surface area contributed by atoms with Crippen LogP contribution in [-0.4, -0.2) is 33.9 Å². The minimum absolute atomic E-state index is 0.708. The van der Waals surface area contributed by atoms with Crippen molar-refractivity contribution < 1.29 is 4.74 Å². The number of methoxy groups -OCH3 is 1. The molecule has 0 heterocycles. The Kier molecular flexibility index (Phi) is 5.29. The molecule has 0 fully saturated rings. The van der Waals surface area contributed by atoms with Gasteiger partial charge in [-0.1, -0.05) is 6.07 Å². The molecule has 3 nitrogen and oxygen atoms in total. The number of aryl methyl sites for hydroxylation is 1. The standard InChI is InChI=1S/C13H22N2O/c1-11-10-13(15(2)8-9-16-3)5-4-12(11)6-7-14/h4-5,10H,6-9,14H2,1-3H3. The van der Waals surface area contributed by atoms with E-state index in [0.29, 0.717) is 6.54 Å². The minimum atomic E-state index is 0.708. The molecule has 0 atom stereocenters. The van der Waals surface area contributed by atoms with Gasteiger partial charge in [-0.3, -0.25) is 0 Å². The van der Waals surface area contributed by atoms with E-state index in [4.69, 9.17) is 10.5 Å². The van der Waals surface area contributed by atoms with E-state index in [1.165, 1.54) is 16.8 Å². The lowest BCUT2D eigenvalue weighted by Gasteiger charge is -2.20. The zero-order valence-corrected chi connectivity index (χ0v) is 10.5. The first-order valence-corrected chi connectivity index (χ1v) is 5.68. The summed E-state index contributed by atoms with van der Waals surface area (Å²) in [7, 11) is 3.81. The normalized spacial score (nSPS) is 10.5. The number of rotatable bonds is 6. The third-order valence-corrected chi connectivity index (χ3v) is 2.81. The minimum Gasteiger partial charge on any atom is -0.383 e. The van der Waals surface area contributed by atoms with Crippen LogP contribution in [0.25, 0.3) is 0 Å². The van der Waals surface area contributed by atoms with Crippen LogP contribution >= 0.6 is 0 Å². The molecule has 0 aliphatic heterocycles. The zero-order chi connectivity index (χ0) is 12.0. The quantitative estimate of drug-likeness (QED) is 0.794. The van der Waals surface area contributed by atoms with E-state index in [2.05, 4.69) is 37.1 Å². The number of benzene rings is 1. The van der Waals surface area contributed by atoms with Gasteiger partial charge in [0.05, 0.1) is 6.61 Å². The molecule has 0 radical (unpaired) electrons. The fourth-order valence-electron chi connectivity index (χ4n) is 1.71. The van der Waals surface area contributed by atoms with E-state index in [9.17, 15) is 0 Å². The summed E-state index contributed by atoms with van der Waals surface area (Å²) < 4.78 is 5.07. The van der Waals surface area contributed by atoms with Crippen LogP contribution in [0.15, 0.2) is 18.2 Å². The monoisotopic (exact) mass is 222 g/mol. The Bertz CT molecular complexity index is 326. The van der Waals surface area contributed by atoms with E-state index in [0.717, 1.165) is 19.6 Å². The topological polar surface area (TPSA) is 38.5 Å². The van der Waals surface area contributed by atoms with Gasteiger partial charge in [0.1, 0.15) is 0 Å². The fourth-order valence-corrected chi connectivity index (χ4v) is 1.71. The molecule has 90 valence electrons. The third kappa shape index (κ3) is 3.51. The lowest BCUT2D eigenvalue weighted by Crippen LogP contribution is -2.22. The smallest absolute Gasteiger partial charge is 0.0637 e. The molecule has 0 spiro atoms. The Labute approximate surface area is 98.2 Å². The number of ether oxygens (including phenoxy) is 1. The average Bonchev–Trinajstić information content (AvgIpc) is 2.29. The maximum absolute atomic E-state index is 5.57. The largest absolute Gasteiger partial charge is 0.383 e. The summed E-state index contributed by atoms with van der Waals surface area (Å²) in [6.07, 6.45) is 0.952. The second kappa shape index (κ2) is 6.51. The van der Waals surface area contributed by atoms with Gasteiger partial charge in [-0.2, -0.15) is 0 Å². The summed E-state index contributed by atoms with van der Waals surface area (Å²) in [6.45, 7) is 4.50. The molecule has 3 heteroatoms. The van der Waals surface area contributed by atoms with Crippen molar-refractivity contribution >= 4 is 5.69 Å². The third-order valence-electron chi connectivity index (χ3n) is 2.81. The van der Waals surface area contributed by atoms with Crippen molar-refractivity contribution in [3.8, 4) is 0 Å². The Hall–Kier alpha value is -1.06. The second-order valence-electron chi connectivity index (χ2n) is 4.06. The summed E-state index contributed by atoms with van der Waals surface area (Å²) in [5.41, 5.74) is 9.45. The van der Waals surface area contributed by atoms with Gasteiger partial charge in [0.25, 0.3) is 0 Å². The van der Waals surface area contributed by atoms with E-state index >= 15 is 0 Å². The van der Waals surface area contributed by atoms with E-state index in [-0.39, 0.29) is 0 Å².